The van der Waals surface area contributed by atoms with Crippen LogP contribution >= 0.6 is 0 Å². The van der Waals surface area contributed by atoms with Gasteiger partial charge >= 0.3 is 0 Å². The molecule has 1 heterocycles. The standard InChI is InChI=1S/C16H21N3O/c1-4-5-14-9-15(19-18-14)16(20)17-10-13-7-6-11(2)8-12(13)3/h6-9H,4-5,10H2,1-3H3,(H,17,20)(H,18,19). The molecule has 2 N–H and O–H groups in total. The Labute approximate surface area is 119 Å². The summed E-state index contributed by atoms with van der Waals surface area (Å²) < 4.78 is 0. The van der Waals surface area contributed by atoms with Crippen molar-refractivity contribution in [2.45, 2.75) is 40.2 Å². The lowest BCUT2D eigenvalue weighted by molar-refractivity contribution is 0.0946. The first-order valence-electron chi connectivity index (χ1n) is 6.98. The third kappa shape index (κ3) is 3.47. The molecule has 4 nitrogen and oxygen atoms in total. The molecule has 1 amide bonds. The van der Waals surface area contributed by atoms with Crippen LogP contribution in [0.3, 0.4) is 0 Å². The molecule has 2 aromatic rings. The Morgan fingerprint density at radius 3 is 2.80 bits per heavy atom. The van der Waals surface area contributed by atoms with Gasteiger partial charge in [0.05, 0.1) is 0 Å². The van der Waals surface area contributed by atoms with Crippen LogP contribution in [0.25, 0.3) is 0 Å². The van der Waals surface area contributed by atoms with Gasteiger partial charge in [-0.2, -0.15) is 5.10 Å². The first-order chi connectivity index (χ1) is 9.60. The van der Waals surface area contributed by atoms with E-state index in [4.69, 9.17) is 0 Å². The van der Waals surface area contributed by atoms with Crippen molar-refractivity contribution in [1.82, 2.24) is 15.5 Å². The van der Waals surface area contributed by atoms with Crippen molar-refractivity contribution in [3.8, 4) is 0 Å². The van der Waals surface area contributed by atoms with Gasteiger partial charge in [0.2, 0.25) is 0 Å². The van der Waals surface area contributed by atoms with E-state index in [1.54, 1.807) is 0 Å². The van der Waals surface area contributed by atoms with Crippen molar-refractivity contribution < 1.29 is 4.79 Å². The Bertz CT molecular complexity index is 602. The minimum atomic E-state index is -0.136. The van der Waals surface area contributed by atoms with Gasteiger partial charge in [-0.25, -0.2) is 0 Å². The summed E-state index contributed by atoms with van der Waals surface area (Å²) in [6.45, 7) is 6.75. The molecular formula is C16H21N3O. The summed E-state index contributed by atoms with van der Waals surface area (Å²) in [4.78, 5) is 12.0. The Kier molecular flexibility index (Phi) is 4.56. The summed E-state index contributed by atoms with van der Waals surface area (Å²) in [5.41, 5.74) is 5.02. The highest BCUT2D eigenvalue weighted by Crippen LogP contribution is 2.10. The summed E-state index contributed by atoms with van der Waals surface area (Å²) in [5.74, 6) is -0.136. The monoisotopic (exact) mass is 271 g/mol. The third-order valence-electron chi connectivity index (χ3n) is 3.32. The van der Waals surface area contributed by atoms with E-state index >= 15 is 0 Å². The molecule has 0 aliphatic heterocycles. The van der Waals surface area contributed by atoms with Gasteiger partial charge in [-0.15, -0.1) is 0 Å². The molecular weight excluding hydrogens is 250 g/mol. The fourth-order valence-corrected chi connectivity index (χ4v) is 2.19. The molecule has 0 atom stereocenters. The SMILES string of the molecule is CCCc1cc(C(=O)NCc2ccc(C)cc2C)n[nH]1. The number of rotatable bonds is 5. The van der Waals surface area contributed by atoms with E-state index in [2.05, 4.69) is 54.5 Å². The van der Waals surface area contributed by atoms with E-state index in [0.29, 0.717) is 12.2 Å². The zero-order valence-electron chi connectivity index (χ0n) is 12.3. The highest BCUT2D eigenvalue weighted by Gasteiger charge is 2.10. The van der Waals surface area contributed by atoms with Crippen LogP contribution in [0.15, 0.2) is 24.3 Å². The number of carbonyl (C=O) groups excluding carboxylic acids is 1. The minimum absolute atomic E-state index is 0.136. The summed E-state index contributed by atoms with van der Waals surface area (Å²) in [6, 6.07) is 8.05. The summed E-state index contributed by atoms with van der Waals surface area (Å²) in [7, 11) is 0. The van der Waals surface area contributed by atoms with E-state index in [-0.39, 0.29) is 5.91 Å². The number of amides is 1. The lowest BCUT2D eigenvalue weighted by Gasteiger charge is -2.07. The van der Waals surface area contributed by atoms with Gasteiger partial charge < -0.3 is 5.32 Å². The highest BCUT2D eigenvalue weighted by atomic mass is 16.1. The topological polar surface area (TPSA) is 57.8 Å². The fourth-order valence-electron chi connectivity index (χ4n) is 2.19. The molecule has 4 heteroatoms. The molecule has 0 unspecified atom stereocenters. The van der Waals surface area contributed by atoms with E-state index in [0.717, 1.165) is 24.1 Å². The van der Waals surface area contributed by atoms with Crippen molar-refractivity contribution in [2.24, 2.45) is 0 Å². The summed E-state index contributed by atoms with van der Waals surface area (Å²) in [6.07, 6.45) is 1.95. The molecule has 1 aromatic heterocycles. The van der Waals surface area contributed by atoms with Gasteiger partial charge in [0, 0.05) is 12.2 Å². The van der Waals surface area contributed by atoms with Gasteiger partial charge in [0.1, 0.15) is 5.69 Å². The predicted molar refractivity (Wildman–Crippen MR) is 79.7 cm³/mol. The van der Waals surface area contributed by atoms with Gasteiger partial charge in [-0.05, 0) is 37.5 Å². The number of nitrogens with zero attached hydrogens (tertiary/aromatic N) is 1. The lowest BCUT2D eigenvalue weighted by Crippen LogP contribution is -2.23. The van der Waals surface area contributed by atoms with Gasteiger partial charge in [-0.3, -0.25) is 9.89 Å². The number of aromatic nitrogens is 2. The Morgan fingerprint density at radius 2 is 2.10 bits per heavy atom. The molecule has 0 radical (unpaired) electrons. The molecule has 1 aromatic carbocycles. The van der Waals surface area contributed by atoms with Crippen molar-refractivity contribution in [2.75, 3.05) is 0 Å². The molecule has 106 valence electrons. The van der Waals surface area contributed by atoms with Crippen LogP contribution in [-0.2, 0) is 13.0 Å². The maximum atomic E-state index is 12.0. The van der Waals surface area contributed by atoms with Gasteiger partial charge in [0.15, 0.2) is 0 Å². The quantitative estimate of drug-likeness (QED) is 0.878. The number of hydrogen-bond acceptors (Lipinski definition) is 2. The number of hydrogen-bond donors (Lipinski definition) is 2. The maximum Gasteiger partial charge on any atom is 0.272 e. The zero-order chi connectivity index (χ0) is 14.5. The molecule has 0 bridgehead atoms. The van der Waals surface area contributed by atoms with Crippen molar-refractivity contribution in [1.29, 1.82) is 0 Å². The van der Waals surface area contributed by atoms with E-state index < -0.39 is 0 Å². The summed E-state index contributed by atoms with van der Waals surface area (Å²) in [5, 5.41) is 9.85. The number of H-pyrrole nitrogens is 1. The molecule has 0 aliphatic carbocycles. The second-order valence-corrected chi connectivity index (χ2v) is 5.14. The molecule has 0 fully saturated rings. The lowest BCUT2D eigenvalue weighted by atomic mass is 10.1. The molecule has 0 spiro atoms. The van der Waals surface area contributed by atoms with Crippen LogP contribution in [0.5, 0.6) is 0 Å². The predicted octanol–water partition coefficient (Wildman–Crippen LogP) is 2.91. The van der Waals surface area contributed by atoms with E-state index in [1.165, 1.54) is 11.1 Å². The third-order valence-corrected chi connectivity index (χ3v) is 3.32. The first kappa shape index (κ1) is 14.3. The summed E-state index contributed by atoms with van der Waals surface area (Å²) >= 11 is 0. The van der Waals surface area contributed by atoms with Gasteiger partial charge in [0.25, 0.3) is 5.91 Å². The van der Waals surface area contributed by atoms with Crippen LogP contribution in [0.1, 0.15) is 46.2 Å². The van der Waals surface area contributed by atoms with Crippen LogP contribution in [0, 0.1) is 13.8 Å². The average molecular weight is 271 g/mol. The number of nitrogens with one attached hydrogen (secondary N) is 2. The largest absolute Gasteiger partial charge is 0.347 e. The molecule has 2 rings (SSSR count). The van der Waals surface area contributed by atoms with Crippen molar-refractivity contribution in [3.05, 3.63) is 52.3 Å². The Hall–Kier alpha value is -2.10. The van der Waals surface area contributed by atoms with E-state index in [9.17, 15) is 4.79 Å². The van der Waals surface area contributed by atoms with Crippen LogP contribution in [-0.4, -0.2) is 16.1 Å². The second kappa shape index (κ2) is 6.37. The van der Waals surface area contributed by atoms with Crippen LogP contribution in [0.4, 0.5) is 0 Å². The van der Waals surface area contributed by atoms with Crippen LogP contribution < -0.4 is 5.32 Å². The van der Waals surface area contributed by atoms with Crippen molar-refractivity contribution in [3.63, 3.8) is 0 Å². The number of aryl methyl sites for hydroxylation is 3. The number of carbonyl (C=O) groups is 1. The van der Waals surface area contributed by atoms with E-state index in [1.807, 2.05) is 6.07 Å². The highest BCUT2D eigenvalue weighted by molar-refractivity contribution is 5.92. The number of benzene rings is 1. The first-order valence-corrected chi connectivity index (χ1v) is 6.98. The molecule has 20 heavy (non-hydrogen) atoms. The van der Waals surface area contributed by atoms with Crippen molar-refractivity contribution >= 4 is 5.91 Å². The minimum Gasteiger partial charge on any atom is -0.347 e. The Balaban J connectivity index is 1.97. The zero-order valence-corrected chi connectivity index (χ0v) is 12.3. The molecule has 0 saturated heterocycles. The van der Waals surface area contributed by atoms with Crippen LogP contribution in [0.2, 0.25) is 0 Å². The number of aromatic amines is 1. The Morgan fingerprint density at radius 1 is 1.30 bits per heavy atom. The normalized spacial score (nSPS) is 10.6. The fraction of sp³-hybridized carbons (Fsp3) is 0.375. The molecule has 0 saturated carbocycles. The second-order valence-electron chi connectivity index (χ2n) is 5.14. The molecule has 0 aliphatic rings. The maximum absolute atomic E-state index is 12.0. The average Bonchev–Trinajstić information content (AvgIpc) is 2.86. The smallest absolute Gasteiger partial charge is 0.272 e. The van der Waals surface area contributed by atoms with Gasteiger partial charge in [-0.1, -0.05) is 37.1 Å².